The maximum absolute atomic E-state index is 13.6. The maximum Gasteiger partial charge on any atom is 0.264 e. The molecule has 1 saturated heterocycles. The third kappa shape index (κ3) is 6.52. The monoisotopic (exact) mass is 519 g/mol. The molecule has 196 valence electrons. The van der Waals surface area contributed by atoms with Crippen molar-refractivity contribution in [2.45, 2.75) is 51.5 Å². The fourth-order valence-corrected chi connectivity index (χ4v) is 6.03. The predicted octanol–water partition coefficient (Wildman–Crippen LogP) is 5.61. The van der Waals surface area contributed by atoms with Crippen molar-refractivity contribution in [2.24, 2.45) is 5.92 Å². The van der Waals surface area contributed by atoms with Crippen molar-refractivity contribution in [2.75, 3.05) is 28.8 Å². The van der Waals surface area contributed by atoms with E-state index in [1.54, 1.807) is 36.4 Å². The lowest BCUT2D eigenvalue weighted by Crippen LogP contribution is -2.41. The van der Waals surface area contributed by atoms with Crippen LogP contribution in [0.3, 0.4) is 0 Å². The first-order valence-corrected chi connectivity index (χ1v) is 14.4. The average molecular weight is 520 g/mol. The first kappa shape index (κ1) is 26.7. The smallest absolute Gasteiger partial charge is 0.264 e. The first-order chi connectivity index (χ1) is 17.6. The summed E-state index contributed by atoms with van der Waals surface area (Å²) in [4.78, 5) is 15.7. The lowest BCUT2D eigenvalue weighted by molar-refractivity contribution is -0.120. The van der Waals surface area contributed by atoms with Crippen LogP contribution in [0.4, 0.5) is 11.4 Å². The number of hydrogen-bond donors (Lipinski definition) is 1. The summed E-state index contributed by atoms with van der Waals surface area (Å²) < 4.78 is 28.3. The number of aryl methyl sites for hydroxylation is 2. The van der Waals surface area contributed by atoms with Gasteiger partial charge in [0.2, 0.25) is 5.91 Å². The Hall–Kier alpha value is -3.32. The Balaban J connectivity index is 1.48. The predicted molar refractivity (Wildman–Crippen MR) is 151 cm³/mol. The number of carbonyl (C=O) groups excluding carboxylic acids is 1. The molecule has 6 nitrogen and oxygen atoms in total. The quantitative estimate of drug-likeness (QED) is 0.420. The van der Waals surface area contributed by atoms with Crippen LogP contribution in [-0.4, -0.2) is 34.0 Å². The zero-order chi connectivity index (χ0) is 26.6. The summed E-state index contributed by atoms with van der Waals surface area (Å²) >= 11 is 0. The third-order valence-corrected chi connectivity index (χ3v) is 8.93. The summed E-state index contributed by atoms with van der Waals surface area (Å²) in [5, 5.41) is 2.99. The average Bonchev–Trinajstić information content (AvgIpc) is 2.88. The molecule has 0 aromatic heterocycles. The standard InChI is InChI=1S/C30H37N3O3S/c1-22-5-11-28(12-6-22)33(37(35,36)29-15-7-23(2)8-16-29)21-30(34)31-25(4)26-9-13-27(14-10-26)32-19-17-24(3)18-20-32/h5-16,24-25H,17-21H2,1-4H3,(H,31,34). The second kappa shape index (κ2) is 11.4. The number of carbonyl (C=O) groups is 1. The number of piperidine rings is 1. The lowest BCUT2D eigenvalue weighted by atomic mass is 9.98. The maximum atomic E-state index is 13.6. The molecule has 1 atom stereocenters. The van der Waals surface area contributed by atoms with Crippen LogP contribution in [0.5, 0.6) is 0 Å². The van der Waals surface area contributed by atoms with Gasteiger partial charge in [-0.1, -0.05) is 54.4 Å². The van der Waals surface area contributed by atoms with Crippen LogP contribution < -0.4 is 14.5 Å². The van der Waals surface area contributed by atoms with Gasteiger partial charge >= 0.3 is 0 Å². The first-order valence-electron chi connectivity index (χ1n) is 12.9. The Bertz CT molecular complexity index is 1300. The molecule has 0 aliphatic carbocycles. The molecular formula is C30H37N3O3S. The summed E-state index contributed by atoms with van der Waals surface area (Å²) in [6.45, 7) is 9.88. The van der Waals surface area contributed by atoms with E-state index in [0.717, 1.165) is 35.7 Å². The minimum atomic E-state index is -3.93. The molecule has 1 heterocycles. The van der Waals surface area contributed by atoms with Gasteiger partial charge in [-0.05, 0) is 81.5 Å². The van der Waals surface area contributed by atoms with E-state index in [0.29, 0.717) is 5.69 Å². The third-order valence-electron chi connectivity index (χ3n) is 7.14. The van der Waals surface area contributed by atoms with Crippen molar-refractivity contribution < 1.29 is 13.2 Å². The number of nitrogens with zero attached hydrogens (tertiary/aromatic N) is 2. The molecular weight excluding hydrogens is 482 g/mol. The molecule has 0 bridgehead atoms. The second-order valence-electron chi connectivity index (χ2n) is 10.2. The van der Waals surface area contributed by atoms with Crippen molar-refractivity contribution in [1.29, 1.82) is 0 Å². The van der Waals surface area contributed by atoms with E-state index < -0.39 is 10.0 Å². The zero-order valence-electron chi connectivity index (χ0n) is 22.1. The number of sulfonamides is 1. The molecule has 1 unspecified atom stereocenters. The van der Waals surface area contributed by atoms with Crippen LogP contribution in [0.15, 0.2) is 77.7 Å². The highest BCUT2D eigenvalue weighted by Crippen LogP contribution is 2.26. The van der Waals surface area contributed by atoms with Crippen LogP contribution in [0.25, 0.3) is 0 Å². The fraction of sp³-hybridized carbons (Fsp3) is 0.367. The number of hydrogen-bond acceptors (Lipinski definition) is 4. The molecule has 1 aliphatic heterocycles. The molecule has 1 N–H and O–H groups in total. The van der Waals surface area contributed by atoms with E-state index in [1.807, 2.05) is 45.0 Å². The Kier molecular flexibility index (Phi) is 8.22. The number of amides is 1. The van der Waals surface area contributed by atoms with E-state index in [1.165, 1.54) is 22.8 Å². The molecule has 0 saturated carbocycles. The van der Waals surface area contributed by atoms with Crippen LogP contribution in [-0.2, 0) is 14.8 Å². The molecule has 1 aliphatic rings. The SMILES string of the molecule is Cc1ccc(N(CC(=O)NC(C)c2ccc(N3CCC(C)CC3)cc2)S(=O)(=O)c2ccc(C)cc2)cc1. The zero-order valence-corrected chi connectivity index (χ0v) is 23.0. The number of nitrogens with one attached hydrogen (secondary N) is 1. The summed E-state index contributed by atoms with van der Waals surface area (Å²) in [5.74, 6) is 0.415. The highest BCUT2D eigenvalue weighted by atomic mass is 32.2. The number of rotatable bonds is 8. The highest BCUT2D eigenvalue weighted by molar-refractivity contribution is 7.92. The minimum absolute atomic E-state index is 0.155. The van der Waals surface area contributed by atoms with Gasteiger partial charge in [0.15, 0.2) is 0 Å². The Morgan fingerprint density at radius 2 is 1.46 bits per heavy atom. The topological polar surface area (TPSA) is 69.7 Å². The van der Waals surface area contributed by atoms with Crippen LogP contribution >= 0.6 is 0 Å². The van der Waals surface area contributed by atoms with E-state index in [9.17, 15) is 13.2 Å². The molecule has 0 spiro atoms. The highest BCUT2D eigenvalue weighted by Gasteiger charge is 2.28. The van der Waals surface area contributed by atoms with Gasteiger partial charge in [0.1, 0.15) is 6.54 Å². The largest absolute Gasteiger partial charge is 0.372 e. The van der Waals surface area contributed by atoms with E-state index in [2.05, 4.69) is 29.3 Å². The summed E-state index contributed by atoms with van der Waals surface area (Å²) in [5.41, 5.74) is 4.61. The Morgan fingerprint density at radius 3 is 2.03 bits per heavy atom. The minimum Gasteiger partial charge on any atom is -0.372 e. The van der Waals surface area contributed by atoms with Crippen molar-refractivity contribution in [3.8, 4) is 0 Å². The molecule has 1 fully saturated rings. The Morgan fingerprint density at radius 1 is 0.919 bits per heavy atom. The van der Waals surface area contributed by atoms with Gasteiger partial charge in [0.05, 0.1) is 16.6 Å². The normalized spacial score (nSPS) is 15.3. The molecule has 0 radical (unpaired) electrons. The molecule has 1 amide bonds. The lowest BCUT2D eigenvalue weighted by Gasteiger charge is -2.32. The van der Waals surface area contributed by atoms with E-state index in [4.69, 9.17) is 0 Å². The van der Waals surface area contributed by atoms with Gasteiger partial charge < -0.3 is 10.2 Å². The van der Waals surface area contributed by atoms with Gasteiger partial charge in [0, 0.05) is 18.8 Å². The van der Waals surface area contributed by atoms with E-state index in [-0.39, 0.29) is 23.4 Å². The molecule has 3 aromatic carbocycles. The molecule has 37 heavy (non-hydrogen) atoms. The van der Waals surface area contributed by atoms with Gasteiger partial charge in [-0.15, -0.1) is 0 Å². The second-order valence-corrected chi connectivity index (χ2v) is 12.1. The number of anilines is 2. The number of benzene rings is 3. The van der Waals surface area contributed by atoms with Crippen molar-refractivity contribution in [1.82, 2.24) is 5.32 Å². The van der Waals surface area contributed by atoms with E-state index >= 15 is 0 Å². The molecule has 3 aromatic rings. The summed E-state index contributed by atoms with van der Waals surface area (Å²) in [7, 11) is -3.93. The molecule has 7 heteroatoms. The van der Waals surface area contributed by atoms with Gasteiger partial charge in [-0.3, -0.25) is 9.10 Å². The van der Waals surface area contributed by atoms with Crippen LogP contribution in [0, 0.1) is 19.8 Å². The van der Waals surface area contributed by atoms with Crippen LogP contribution in [0.1, 0.15) is 49.4 Å². The summed E-state index contributed by atoms with van der Waals surface area (Å²) in [6.07, 6.45) is 2.41. The van der Waals surface area contributed by atoms with Crippen molar-refractivity contribution in [3.05, 3.63) is 89.5 Å². The van der Waals surface area contributed by atoms with Gasteiger partial charge in [-0.25, -0.2) is 8.42 Å². The summed E-state index contributed by atoms with van der Waals surface area (Å²) in [6, 6.07) is 21.9. The Labute approximate surface area is 221 Å². The van der Waals surface area contributed by atoms with Crippen LogP contribution in [0.2, 0.25) is 0 Å². The van der Waals surface area contributed by atoms with Gasteiger partial charge in [0.25, 0.3) is 10.0 Å². The van der Waals surface area contributed by atoms with Crippen molar-refractivity contribution >= 4 is 27.3 Å². The van der Waals surface area contributed by atoms with Gasteiger partial charge in [-0.2, -0.15) is 0 Å². The van der Waals surface area contributed by atoms with Crippen molar-refractivity contribution in [3.63, 3.8) is 0 Å². The molecule has 4 rings (SSSR count). The fourth-order valence-electron chi connectivity index (χ4n) is 4.61.